The second-order valence-corrected chi connectivity index (χ2v) is 26.9. The van der Waals surface area contributed by atoms with Gasteiger partial charge >= 0.3 is 0 Å². The molecular formula is C72H135N5O29. The van der Waals surface area contributed by atoms with Gasteiger partial charge in [0.15, 0.2) is 18.9 Å². The van der Waals surface area contributed by atoms with Crippen LogP contribution < -0.4 is 26.6 Å². The van der Waals surface area contributed by atoms with E-state index in [1.54, 1.807) is 7.11 Å². The molecule has 14 N–H and O–H groups in total. The van der Waals surface area contributed by atoms with E-state index in [-0.39, 0.29) is 155 Å². The maximum atomic E-state index is 13.9. The number of hydrogen-bond acceptors (Lipinski definition) is 29. The Bertz CT molecular complexity index is 2300. The highest BCUT2D eigenvalue weighted by molar-refractivity contribution is 5.81. The number of amides is 5. The van der Waals surface area contributed by atoms with Gasteiger partial charge in [0.2, 0.25) is 29.5 Å². The minimum absolute atomic E-state index is 0.0114. The van der Waals surface area contributed by atoms with Crippen LogP contribution in [0.4, 0.5) is 0 Å². The summed E-state index contributed by atoms with van der Waals surface area (Å²) < 4.78 is 72.8. The van der Waals surface area contributed by atoms with Crippen LogP contribution in [0.15, 0.2) is 0 Å². The zero-order chi connectivity index (χ0) is 79.1. The van der Waals surface area contributed by atoms with Crippen molar-refractivity contribution < 1.29 is 141 Å². The van der Waals surface area contributed by atoms with Crippen LogP contribution in [-0.4, -0.2) is 324 Å². The summed E-state index contributed by atoms with van der Waals surface area (Å²) in [5, 5.41) is 105. The number of aliphatic hydroxyl groups excluding tert-OH is 9. The summed E-state index contributed by atoms with van der Waals surface area (Å²) in [6.45, 7) is 15.7. The van der Waals surface area contributed by atoms with Gasteiger partial charge in [-0.05, 0) is 63.7 Å². The number of methoxy groups -OCH3 is 1. The quantitative estimate of drug-likeness (QED) is 0.0351. The highest BCUT2D eigenvalue weighted by atomic mass is 16.7. The van der Waals surface area contributed by atoms with E-state index in [1.807, 2.05) is 13.8 Å². The summed E-state index contributed by atoms with van der Waals surface area (Å²) in [7, 11) is 1.63. The van der Waals surface area contributed by atoms with Crippen LogP contribution >= 0.6 is 0 Å². The molecule has 3 saturated heterocycles. The number of carbonyl (C=O) groups excluding carboxylic acids is 7. The summed E-state index contributed by atoms with van der Waals surface area (Å²) in [4.78, 5) is 88.9. The monoisotopic (exact) mass is 1530 g/mol. The predicted octanol–water partition coefficient (Wildman–Crippen LogP) is -0.177. The smallest absolute Gasteiger partial charge is 0.220 e. The zero-order valence-electron chi connectivity index (χ0n) is 64.5. The normalized spacial score (nSPS) is 24.9. The molecule has 3 rings (SSSR count). The van der Waals surface area contributed by atoms with Crippen molar-refractivity contribution in [1.82, 2.24) is 26.6 Å². The molecular weight excluding hydrogens is 1400 g/mol. The zero-order valence-corrected chi connectivity index (χ0v) is 64.5. The van der Waals surface area contributed by atoms with Crippen molar-refractivity contribution in [1.29, 1.82) is 0 Å². The average molecular weight is 1530 g/mol. The molecule has 34 nitrogen and oxygen atoms in total. The van der Waals surface area contributed by atoms with E-state index in [9.17, 15) is 79.5 Å². The van der Waals surface area contributed by atoms with E-state index in [4.69, 9.17) is 61.6 Å². The molecule has 0 saturated carbocycles. The average Bonchev–Trinajstić information content (AvgIpc) is 0.793. The minimum Gasteiger partial charge on any atom is -0.394 e. The number of hydrogen-bond donors (Lipinski definition) is 14. The number of rotatable bonds is 59. The lowest BCUT2D eigenvalue weighted by Gasteiger charge is -2.42. The van der Waals surface area contributed by atoms with E-state index in [2.05, 4.69) is 47.4 Å². The Balaban J connectivity index is 0.00000903. The lowest BCUT2D eigenvalue weighted by atomic mass is 9.81. The fraction of sp³-hybridized carbons (Fsp3) is 0.903. The largest absolute Gasteiger partial charge is 0.394 e. The Kier molecular flexibility index (Phi) is 57.9. The molecule has 0 spiro atoms. The van der Waals surface area contributed by atoms with Gasteiger partial charge in [0, 0.05) is 98.3 Å². The van der Waals surface area contributed by atoms with Gasteiger partial charge in [0.25, 0.3) is 0 Å². The first-order valence-corrected chi connectivity index (χ1v) is 37.9. The molecule has 0 bridgehead atoms. The molecule has 0 aromatic rings. The molecule has 106 heavy (non-hydrogen) atoms. The van der Waals surface area contributed by atoms with Crippen LogP contribution in [0.5, 0.6) is 0 Å². The maximum Gasteiger partial charge on any atom is 0.220 e. The van der Waals surface area contributed by atoms with Crippen molar-refractivity contribution in [2.24, 2.45) is 5.92 Å². The Morgan fingerprint density at radius 3 is 1.14 bits per heavy atom. The maximum absolute atomic E-state index is 13.9. The number of aliphatic hydroxyl groups is 9. The second-order valence-electron chi connectivity index (χ2n) is 26.9. The van der Waals surface area contributed by atoms with Gasteiger partial charge in [-0.15, -0.1) is 0 Å². The lowest BCUT2D eigenvalue weighted by Crippen LogP contribution is -2.64. The number of ether oxygens (including phenoxy) is 13. The van der Waals surface area contributed by atoms with Crippen LogP contribution in [0, 0.1) is 5.92 Å². The van der Waals surface area contributed by atoms with Crippen LogP contribution in [0.2, 0.25) is 0 Å². The Hall–Kier alpha value is -4.19. The van der Waals surface area contributed by atoms with Crippen molar-refractivity contribution in [3.63, 3.8) is 0 Å². The van der Waals surface area contributed by atoms with Crippen molar-refractivity contribution in [3.8, 4) is 0 Å². The number of carbonyl (C=O) groups is 7. The first-order chi connectivity index (χ1) is 50.8. The molecule has 3 aliphatic heterocycles. The van der Waals surface area contributed by atoms with Gasteiger partial charge in [0.1, 0.15) is 84.6 Å². The topological polar surface area (TPSA) is 482 Å². The molecule has 3 aliphatic rings. The third kappa shape index (κ3) is 44.6. The molecule has 0 aliphatic carbocycles. The summed E-state index contributed by atoms with van der Waals surface area (Å²) in [5.74, 6) is -1.08. The van der Waals surface area contributed by atoms with Crippen LogP contribution in [0.1, 0.15) is 177 Å². The molecule has 3 fully saturated rings. The van der Waals surface area contributed by atoms with Crippen molar-refractivity contribution in [3.05, 3.63) is 0 Å². The standard InChI is InChI=1S/C66H119N5O29.C4H10.C2H6/c1-44(75)68-54-60(85)57(82)49(41-72)98-63(54)95-38-35-92-32-29-89-26-11-6-5-9-21-66(71-53(81)18-12-16-47(78)15-8-7-10-25-88-4,23-20-48(79)17-14-27-90-30-33-93-36-39-96-64-55(69-45(2)76)61(86)58(83)50(42-73)99-64)22-13-19-52(80)67-24-28-91-31-34-94-37-40-97-65-56(70-46(3)77)62(87)59(84)51(43-74)100-65;1-4(2)3;1-2/h49-51,54-65,72-74,82-87H,5-43H2,1-4H3,(H,67,80)(H,68,75)(H,69,76)(H,70,77)(H,71,81);4H,1-3H3;1-2H3. The molecule has 622 valence electrons. The number of Topliss-reactive ketones (excluding diaryl/α,β-unsaturated/α-hetero) is 2. The summed E-state index contributed by atoms with van der Waals surface area (Å²) in [6, 6.07) is -3.25. The highest BCUT2D eigenvalue weighted by Crippen LogP contribution is 2.30. The first-order valence-electron chi connectivity index (χ1n) is 37.9. The minimum atomic E-state index is -1.45. The van der Waals surface area contributed by atoms with Crippen LogP contribution in [-0.2, 0) is 95.1 Å². The van der Waals surface area contributed by atoms with Crippen molar-refractivity contribution in [2.45, 2.75) is 275 Å². The fourth-order valence-corrected chi connectivity index (χ4v) is 11.5. The molecule has 16 unspecified atom stereocenters. The Morgan fingerprint density at radius 2 is 0.717 bits per heavy atom. The van der Waals surface area contributed by atoms with E-state index < -0.39 is 135 Å². The highest BCUT2D eigenvalue weighted by Gasteiger charge is 2.48. The van der Waals surface area contributed by atoms with Crippen LogP contribution in [0.25, 0.3) is 0 Å². The van der Waals surface area contributed by atoms with Gasteiger partial charge in [-0.3, -0.25) is 33.6 Å². The van der Waals surface area contributed by atoms with E-state index >= 15 is 0 Å². The van der Waals surface area contributed by atoms with E-state index in [0.29, 0.717) is 71.0 Å². The Morgan fingerprint density at radius 1 is 0.377 bits per heavy atom. The molecule has 5 amide bonds. The summed E-state index contributed by atoms with van der Waals surface area (Å²) in [5.41, 5.74) is -0.880. The second kappa shape index (κ2) is 61.5. The third-order valence-corrected chi connectivity index (χ3v) is 16.9. The van der Waals surface area contributed by atoms with Crippen molar-refractivity contribution >= 4 is 41.1 Å². The number of nitrogens with one attached hydrogen (secondary N) is 5. The molecule has 0 radical (unpaired) electrons. The van der Waals surface area contributed by atoms with Gasteiger partial charge in [-0.2, -0.15) is 0 Å². The third-order valence-electron chi connectivity index (χ3n) is 16.9. The predicted molar refractivity (Wildman–Crippen MR) is 384 cm³/mol. The number of unbranched alkanes of at least 4 members (excludes halogenated alkanes) is 5. The molecule has 0 aromatic carbocycles. The fourth-order valence-electron chi connectivity index (χ4n) is 11.5. The molecule has 3 heterocycles. The van der Waals surface area contributed by atoms with E-state index in [1.165, 1.54) is 20.8 Å². The lowest BCUT2D eigenvalue weighted by molar-refractivity contribution is -0.272. The van der Waals surface area contributed by atoms with Gasteiger partial charge < -0.3 is 134 Å². The summed E-state index contributed by atoms with van der Waals surface area (Å²) >= 11 is 0. The first kappa shape index (κ1) is 99.8. The molecule has 34 heteroatoms. The SMILES string of the molecule is CC.CC(C)C.COCCCCCC(=O)CCCC(=O)NC(CCCCCCOCCOCCOC1OC(CO)C(O)C(O)C1NC(C)=O)(CCCC(=O)NCCOCCOCCOC1OC(CO)C(O)C(O)C1NC(C)=O)CCC(=O)CCCOCCOCCOC1OC(CO)C(O)C(O)C1NC(C)=O. The Labute approximate surface area is 626 Å². The summed E-state index contributed by atoms with van der Waals surface area (Å²) in [6.07, 6.45) is -6.65. The van der Waals surface area contributed by atoms with Gasteiger partial charge in [-0.25, -0.2) is 0 Å². The number of ketones is 2. The van der Waals surface area contributed by atoms with Gasteiger partial charge in [-0.1, -0.05) is 60.3 Å². The van der Waals surface area contributed by atoms with Gasteiger partial charge in [0.05, 0.1) is 106 Å². The van der Waals surface area contributed by atoms with E-state index in [0.717, 1.165) is 38.0 Å². The van der Waals surface area contributed by atoms with Crippen LogP contribution in [0.3, 0.4) is 0 Å². The molecule has 0 aromatic heterocycles. The molecule has 16 atom stereocenters. The van der Waals surface area contributed by atoms with Crippen molar-refractivity contribution in [2.75, 3.05) is 139 Å².